The zero-order chi connectivity index (χ0) is 14.1. The molecule has 1 rings (SSSR count). The molecule has 0 amide bonds. The van der Waals surface area contributed by atoms with Gasteiger partial charge in [0.25, 0.3) is 0 Å². The Hall–Kier alpha value is -0.910. The van der Waals surface area contributed by atoms with Crippen molar-refractivity contribution in [1.82, 2.24) is 5.32 Å². The van der Waals surface area contributed by atoms with Crippen molar-refractivity contribution in [3.63, 3.8) is 0 Å². The van der Waals surface area contributed by atoms with Crippen LogP contribution in [-0.4, -0.2) is 43.6 Å². The van der Waals surface area contributed by atoms with Gasteiger partial charge in [-0.1, -0.05) is 12.1 Å². The fourth-order valence-corrected chi connectivity index (χ4v) is 3.15. The Morgan fingerprint density at radius 2 is 1.95 bits per heavy atom. The molecule has 0 bridgehead atoms. The predicted octanol–water partition coefficient (Wildman–Crippen LogP) is 1.74. The van der Waals surface area contributed by atoms with Gasteiger partial charge in [-0.05, 0) is 31.2 Å². The van der Waals surface area contributed by atoms with E-state index in [-0.39, 0.29) is 6.04 Å². The minimum Gasteiger partial charge on any atom is -0.497 e. The molecule has 0 fully saturated rings. The van der Waals surface area contributed by atoms with E-state index in [4.69, 9.17) is 9.47 Å². The third kappa shape index (κ3) is 5.72. The van der Waals surface area contributed by atoms with Crippen LogP contribution in [0, 0.1) is 0 Å². The standard InChI is InChI=1S/C14H23NO3S/c1-15-14(11-19(16)10-4-9-17-2)12-5-7-13(18-3)8-6-12/h5-8,14-15H,4,9-11H2,1-3H3. The van der Waals surface area contributed by atoms with Crippen LogP contribution in [0.1, 0.15) is 18.0 Å². The highest BCUT2D eigenvalue weighted by atomic mass is 32.2. The van der Waals surface area contributed by atoms with E-state index in [1.807, 2.05) is 31.3 Å². The molecule has 19 heavy (non-hydrogen) atoms. The van der Waals surface area contributed by atoms with E-state index in [9.17, 15) is 4.21 Å². The number of ether oxygens (including phenoxy) is 2. The molecular formula is C14H23NO3S. The van der Waals surface area contributed by atoms with E-state index < -0.39 is 10.8 Å². The number of hydrogen-bond acceptors (Lipinski definition) is 4. The third-order valence-electron chi connectivity index (χ3n) is 2.94. The Labute approximate surface area is 118 Å². The summed E-state index contributed by atoms with van der Waals surface area (Å²) in [6, 6.07) is 7.97. The lowest BCUT2D eigenvalue weighted by molar-refractivity contribution is 0.200. The number of methoxy groups -OCH3 is 2. The molecule has 108 valence electrons. The monoisotopic (exact) mass is 285 g/mol. The molecule has 4 nitrogen and oxygen atoms in total. The molecule has 1 aromatic carbocycles. The summed E-state index contributed by atoms with van der Waals surface area (Å²) in [5.74, 6) is 2.13. The van der Waals surface area contributed by atoms with E-state index in [0.29, 0.717) is 18.1 Å². The highest BCUT2D eigenvalue weighted by Crippen LogP contribution is 2.18. The molecule has 0 saturated heterocycles. The first kappa shape index (κ1) is 16.1. The summed E-state index contributed by atoms with van der Waals surface area (Å²) in [5, 5.41) is 3.21. The first-order valence-corrected chi connectivity index (χ1v) is 7.85. The molecule has 0 spiro atoms. The van der Waals surface area contributed by atoms with Gasteiger partial charge >= 0.3 is 0 Å². The van der Waals surface area contributed by atoms with Crippen LogP contribution in [0.25, 0.3) is 0 Å². The minimum atomic E-state index is -0.833. The molecule has 1 N–H and O–H groups in total. The van der Waals surface area contributed by atoms with Gasteiger partial charge in [0.15, 0.2) is 0 Å². The maximum atomic E-state index is 12.0. The lowest BCUT2D eigenvalue weighted by Crippen LogP contribution is -2.23. The summed E-state index contributed by atoms with van der Waals surface area (Å²) in [4.78, 5) is 0. The van der Waals surface area contributed by atoms with E-state index in [0.717, 1.165) is 17.7 Å². The van der Waals surface area contributed by atoms with Crippen molar-refractivity contribution in [1.29, 1.82) is 0 Å². The molecule has 0 saturated carbocycles. The lowest BCUT2D eigenvalue weighted by Gasteiger charge is -2.16. The molecule has 1 aromatic rings. The molecule has 0 radical (unpaired) electrons. The second kappa shape index (κ2) is 9.07. The number of benzene rings is 1. The van der Waals surface area contributed by atoms with Crippen LogP contribution < -0.4 is 10.1 Å². The van der Waals surface area contributed by atoms with Crippen LogP contribution in [0.4, 0.5) is 0 Å². The molecule has 0 aliphatic carbocycles. The molecule has 0 aliphatic heterocycles. The van der Waals surface area contributed by atoms with Crippen molar-refractivity contribution in [2.45, 2.75) is 12.5 Å². The molecule has 2 atom stereocenters. The smallest absolute Gasteiger partial charge is 0.118 e. The van der Waals surface area contributed by atoms with E-state index in [1.165, 1.54) is 0 Å². The van der Waals surface area contributed by atoms with Crippen molar-refractivity contribution in [3.8, 4) is 5.75 Å². The van der Waals surface area contributed by atoms with Crippen molar-refractivity contribution in [2.75, 3.05) is 39.4 Å². The summed E-state index contributed by atoms with van der Waals surface area (Å²) in [6.07, 6.45) is 0.835. The second-order valence-electron chi connectivity index (χ2n) is 4.27. The molecule has 0 aliphatic rings. The fourth-order valence-electron chi connectivity index (χ4n) is 1.82. The Morgan fingerprint density at radius 3 is 2.47 bits per heavy atom. The predicted molar refractivity (Wildman–Crippen MR) is 79.2 cm³/mol. The van der Waals surface area contributed by atoms with Gasteiger partial charge in [-0.3, -0.25) is 4.21 Å². The average molecular weight is 285 g/mol. The zero-order valence-electron chi connectivity index (χ0n) is 11.8. The van der Waals surface area contributed by atoms with Gasteiger partial charge in [0.2, 0.25) is 0 Å². The van der Waals surface area contributed by atoms with Crippen molar-refractivity contribution in [2.24, 2.45) is 0 Å². The number of rotatable bonds is 9. The fraction of sp³-hybridized carbons (Fsp3) is 0.571. The quantitative estimate of drug-likeness (QED) is 0.702. The maximum absolute atomic E-state index is 12.0. The highest BCUT2D eigenvalue weighted by Gasteiger charge is 2.13. The summed E-state index contributed by atoms with van der Waals surface area (Å²) in [5.41, 5.74) is 1.13. The van der Waals surface area contributed by atoms with Crippen LogP contribution in [0.5, 0.6) is 5.75 Å². The number of hydrogen-bond donors (Lipinski definition) is 1. The van der Waals surface area contributed by atoms with Crippen LogP contribution in [0.2, 0.25) is 0 Å². The topological polar surface area (TPSA) is 47.6 Å². The minimum absolute atomic E-state index is 0.106. The van der Waals surface area contributed by atoms with Crippen molar-refractivity contribution >= 4 is 10.8 Å². The molecule has 5 heteroatoms. The Bertz CT molecular complexity index is 381. The van der Waals surface area contributed by atoms with Gasteiger partial charge in [-0.2, -0.15) is 0 Å². The Kier molecular flexibility index (Phi) is 7.70. The van der Waals surface area contributed by atoms with Crippen LogP contribution in [0.3, 0.4) is 0 Å². The maximum Gasteiger partial charge on any atom is 0.118 e. The van der Waals surface area contributed by atoms with Gasteiger partial charge in [0, 0.05) is 42.1 Å². The summed E-state index contributed by atoms with van der Waals surface area (Å²) in [6.45, 7) is 0.665. The van der Waals surface area contributed by atoms with E-state index in [1.54, 1.807) is 14.2 Å². The normalized spacial score (nSPS) is 14.1. The lowest BCUT2D eigenvalue weighted by atomic mass is 10.1. The van der Waals surface area contributed by atoms with Gasteiger partial charge < -0.3 is 14.8 Å². The first-order valence-electron chi connectivity index (χ1n) is 6.36. The van der Waals surface area contributed by atoms with Gasteiger partial charge in [0.05, 0.1) is 7.11 Å². The Balaban J connectivity index is 2.54. The van der Waals surface area contributed by atoms with Crippen LogP contribution >= 0.6 is 0 Å². The first-order chi connectivity index (χ1) is 9.21. The third-order valence-corrected chi connectivity index (χ3v) is 4.39. The van der Waals surface area contributed by atoms with E-state index >= 15 is 0 Å². The van der Waals surface area contributed by atoms with Gasteiger partial charge in [-0.15, -0.1) is 0 Å². The SMILES string of the molecule is CNC(CS(=O)CCCOC)c1ccc(OC)cc1. The van der Waals surface area contributed by atoms with Gasteiger partial charge in [0.1, 0.15) is 5.75 Å². The number of nitrogens with one attached hydrogen (secondary N) is 1. The summed E-state index contributed by atoms with van der Waals surface area (Å²) < 4.78 is 22.1. The van der Waals surface area contributed by atoms with E-state index in [2.05, 4.69) is 5.32 Å². The molecule has 0 heterocycles. The zero-order valence-corrected chi connectivity index (χ0v) is 12.7. The van der Waals surface area contributed by atoms with Crippen LogP contribution in [0.15, 0.2) is 24.3 Å². The van der Waals surface area contributed by atoms with Crippen molar-refractivity contribution < 1.29 is 13.7 Å². The van der Waals surface area contributed by atoms with Gasteiger partial charge in [-0.25, -0.2) is 0 Å². The molecule has 2 unspecified atom stereocenters. The highest BCUT2D eigenvalue weighted by molar-refractivity contribution is 7.85. The van der Waals surface area contributed by atoms with Crippen LogP contribution in [-0.2, 0) is 15.5 Å². The Morgan fingerprint density at radius 1 is 1.26 bits per heavy atom. The average Bonchev–Trinajstić information content (AvgIpc) is 2.45. The molecular weight excluding hydrogens is 262 g/mol. The summed E-state index contributed by atoms with van der Waals surface area (Å²) in [7, 11) is 4.37. The van der Waals surface area contributed by atoms with Crippen molar-refractivity contribution in [3.05, 3.63) is 29.8 Å². The second-order valence-corrected chi connectivity index (χ2v) is 5.89. The molecule has 0 aromatic heterocycles. The summed E-state index contributed by atoms with van der Waals surface area (Å²) >= 11 is 0. The largest absolute Gasteiger partial charge is 0.497 e.